The van der Waals surface area contributed by atoms with Gasteiger partial charge in [-0.3, -0.25) is 10.1 Å². The molecule has 0 spiro atoms. The predicted octanol–water partition coefficient (Wildman–Crippen LogP) is 5.44. The number of non-ortho nitro benzene ring substituents is 1. The number of rotatable bonds is 6. The summed E-state index contributed by atoms with van der Waals surface area (Å²) in [5.41, 5.74) is 0.583. The maximum atomic E-state index is 14.5. The van der Waals surface area contributed by atoms with Gasteiger partial charge in [-0.1, -0.05) is 6.92 Å². The third-order valence-electron chi connectivity index (χ3n) is 5.36. The lowest BCUT2D eigenvalue weighted by molar-refractivity contribution is -0.385. The van der Waals surface area contributed by atoms with E-state index in [9.17, 15) is 24.4 Å². The third kappa shape index (κ3) is 4.01. The van der Waals surface area contributed by atoms with Crippen LogP contribution in [0.1, 0.15) is 48.3 Å². The number of carbonyl (C=O) groups is 1. The Balaban J connectivity index is 1.89. The molecule has 0 radical (unpaired) electrons. The second-order valence-electron chi connectivity index (χ2n) is 7.32. The molecule has 1 unspecified atom stereocenters. The van der Waals surface area contributed by atoms with E-state index in [2.05, 4.69) is 27.7 Å². The highest BCUT2D eigenvalue weighted by molar-refractivity contribution is 14.1. The van der Waals surface area contributed by atoms with Crippen LogP contribution in [0.4, 0.5) is 10.1 Å². The molecule has 1 aliphatic rings. The number of benzene rings is 2. The monoisotopic (exact) mass is 555 g/mol. The van der Waals surface area contributed by atoms with E-state index in [-0.39, 0.29) is 23.3 Å². The van der Waals surface area contributed by atoms with Crippen LogP contribution in [-0.4, -0.2) is 32.4 Å². The quantitative estimate of drug-likeness (QED) is 0.245. The minimum absolute atomic E-state index is 0.0118. The van der Waals surface area contributed by atoms with Crippen molar-refractivity contribution in [1.82, 2.24) is 9.78 Å². The topological polar surface area (TPSA) is 117 Å². The highest BCUT2D eigenvalue weighted by Crippen LogP contribution is 2.40. The lowest BCUT2D eigenvalue weighted by Crippen LogP contribution is -2.19. The largest absolute Gasteiger partial charge is 0.478 e. The van der Waals surface area contributed by atoms with Gasteiger partial charge in [0.1, 0.15) is 15.0 Å². The summed E-state index contributed by atoms with van der Waals surface area (Å²) in [5, 5.41) is 26.1. The van der Waals surface area contributed by atoms with Crippen molar-refractivity contribution in [2.24, 2.45) is 0 Å². The van der Waals surface area contributed by atoms with Crippen LogP contribution in [0.15, 0.2) is 24.3 Å². The standard InChI is InChI=1S/C21H19FIN3O6/c1-2-12-18-15(25(24-20(18)23)17-5-3-4-8-31-17)10-13(21(27)28)19(12)32-16-7-6-11(26(29)30)9-14(16)22/h6-7,9-10,17H,2-5,8H2,1H3,(H,27,28). The zero-order valence-corrected chi connectivity index (χ0v) is 19.2. The minimum atomic E-state index is -1.24. The van der Waals surface area contributed by atoms with E-state index in [0.717, 1.165) is 37.5 Å². The summed E-state index contributed by atoms with van der Waals surface area (Å²) in [6, 6.07) is 4.42. The second-order valence-corrected chi connectivity index (χ2v) is 8.34. The van der Waals surface area contributed by atoms with Gasteiger partial charge in [-0.05, 0) is 60.4 Å². The zero-order chi connectivity index (χ0) is 23.0. The predicted molar refractivity (Wildman–Crippen MR) is 121 cm³/mol. The van der Waals surface area contributed by atoms with Crippen molar-refractivity contribution in [3.8, 4) is 11.5 Å². The van der Waals surface area contributed by atoms with Crippen molar-refractivity contribution in [3.63, 3.8) is 0 Å². The van der Waals surface area contributed by atoms with E-state index >= 15 is 0 Å². The third-order valence-corrected chi connectivity index (χ3v) is 6.11. The first kappa shape index (κ1) is 22.4. The molecule has 1 aliphatic heterocycles. The minimum Gasteiger partial charge on any atom is -0.478 e. The molecule has 1 N–H and O–H groups in total. The molecule has 11 heteroatoms. The Morgan fingerprint density at radius 2 is 2.22 bits per heavy atom. The second kappa shape index (κ2) is 8.98. The maximum Gasteiger partial charge on any atom is 0.339 e. The van der Waals surface area contributed by atoms with Crippen LogP contribution in [0.3, 0.4) is 0 Å². The molecule has 1 fully saturated rings. The summed E-state index contributed by atoms with van der Waals surface area (Å²) in [4.78, 5) is 22.3. The molecule has 168 valence electrons. The van der Waals surface area contributed by atoms with Crippen LogP contribution < -0.4 is 4.74 Å². The fraction of sp³-hybridized carbons (Fsp3) is 0.333. The zero-order valence-electron chi connectivity index (χ0n) is 17.0. The Kier molecular flexibility index (Phi) is 6.29. The summed E-state index contributed by atoms with van der Waals surface area (Å²) < 4.78 is 28.4. The first-order valence-corrected chi connectivity index (χ1v) is 11.1. The molecule has 32 heavy (non-hydrogen) atoms. The van der Waals surface area contributed by atoms with Gasteiger partial charge >= 0.3 is 5.97 Å². The Morgan fingerprint density at radius 3 is 2.81 bits per heavy atom. The Hall–Kier alpha value is -2.80. The number of ether oxygens (including phenoxy) is 2. The first-order valence-electron chi connectivity index (χ1n) is 10.0. The van der Waals surface area contributed by atoms with E-state index in [1.807, 2.05) is 6.92 Å². The van der Waals surface area contributed by atoms with Crippen LogP contribution in [-0.2, 0) is 11.2 Å². The van der Waals surface area contributed by atoms with Crippen LogP contribution >= 0.6 is 22.6 Å². The van der Waals surface area contributed by atoms with Crippen molar-refractivity contribution in [1.29, 1.82) is 0 Å². The number of nitro benzene ring substituents is 1. The molecule has 0 amide bonds. The maximum absolute atomic E-state index is 14.5. The van der Waals surface area contributed by atoms with Crippen LogP contribution in [0, 0.1) is 19.6 Å². The number of hydrogen-bond donors (Lipinski definition) is 1. The number of halogens is 2. The van der Waals surface area contributed by atoms with Crippen molar-refractivity contribution in [2.75, 3.05) is 6.61 Å². The number of aromatic carboxylic acids is 1. The molecule has 4 rings (SSSR count). The molecule has 0 aliphatic carbocycles. The van der Waals surface area contributed by atoms with Crippen molar-refractivity contribution in [3.05, 3.63) is 55.0 Å². The first-order chi connectivity index (χ1) is 15.3. The normalized spacial score (nSPS) is 16.3. The number of aromatic nitrogens is 2. The summed E-state index contributed by atoms with van der Waals surface area (Å²) in [6.45, 7) is 2.44. The molecule has 1 saturated heterocycles. The summed E-state index contributed by atoms with van der Waals surface area (Å²) in [7, 11) is 0. The van der Waals surface area contributed by atoms with Gasteiger partial charge in [0.15, 0.2) is 17.8 Å². The average molecular weight is 555 g/mol. The number of aryl methyl sites for hydroxylation is 1. The van der Waals surface area contributed by atoms with Gasteiger partial charge in [0.25, 0.3) is 5.69 Å². The van der Waals surface area contributed by atoms with Gasteiger partial charge in [-0.2, -0.15) is 5.10 Å². The van der Waals surface area contributed by atoms with Gasteiger partial charge in [0, 0.05) is 23.6 Å². The Bertz CT molecular complexity index is 1220. The Morgan fingerprint density at radius 1 is 1.44 bits per heavy atom. The molecule has 1 aromatic heterocycles. The number of carboxylic acids is 1. The lowest BCUT2D eigenvalue weighted by atomic mass is 10.0. The number of fused-ring (bicyclic) bond motifs is 1. The molecule has 9 nitrogen and oxygen atoms in total. The van der Waals surface area contributed by atoms with E-state index in [0.29, 0.717) is 33.2 Å². The molecule has 0 saturated carbocycles. The van der Waals surface area contributed by atoms with Gasteiger partial charge in [0.2, 0.25) is 0 Å². The van der Waals surface area contributed by atoms with E-state index in [1.165, 1.54) is 6.07 Å². The van der Waals surface area contributed by atoms with Crippen LogP contribution in [0.25, 0.3) is 10.9 Å². The van der Waals surface area contributed by atoms with E-state index in [4.69, 9.17) is 9.47 Å². The molecular formula is C21H19FIN3O6. The number of nitro groups is 1. The van der Waals surface area contributed by atoms with Gasteiger partial charge in [0.05, 0.1) is 16.5 Å². The van der Waals surface area contributed by atoms with Crippen LogP contribution in [0.2, 0.25) is 0 Å². The molecule has 0 bridgehead atoms. The van der Waals surface area contributed by atoms with Gasteiger partial charge < -0.3 is 14.6 Å². The van der Waals surface area contributed by atoms with Gasteiger partial charge in [-0.15, -0.1) is 0 Å². The molecule has 2 heterocycles. The van der Waals surface area contributed by atoms with Crippen molar-refractivity contribution in [2.45, 2.75) is 38.8 Å². The molecule has 3 aromatic rings. The van der Waals surface area contributed by atoms with Crippen molar-refractivity contribution >= 4 is 45.2 Å². The highest BCUT2D eigenvalue weighted by Gasteiger charge is 2.27. The van der Waals surface area contributed by atoms with Gasteiger partial charge in [-0.25, -0.2) is 13.9 Å². The molecule has 2 aromatic carbocycles. The fourth-order valence-electron chi connectivity index (χ4n) is 3.86. The number of hydrogen-bond acceptors (Lipinski definition) is 6. The summed E-state index contributed by atoms with van der Waals surface area (Å²) >= 11 is 2.08. The summed E-state index contributed by atoms with van der Waals surface area (Å²) in [6.07, 6.45) is 2.82. The molecular weight excluding hydrogens is 536 g/mol. The fourth-order valence-corrected chi connectivity index (χ4v) is 4.69. The van der Waals surface area contributed by atoms with Crippen molar-refractivity contribution < 1.29 is 28.7 Å². The highest BCUT2D eigenvalue weighted by atomic mass is 127. The SMILES string of the molecule is CCc1c(Oc2ccc([N+](=O)[O-])cc2F)c(C(=O)O)cc2c1c(I)nn2C1CCCCO1. The lowest BCUT2D eigenvalue weighted by Gasteiger charge is -2.24. The van der Waals surface area contributed by atoms with Crippen LogP contribution in [0.5, 0.6) is 11.5 Å². The van der Waals surface area contributed by atoms with E-state index < -0.39 is 22.4 Å². The number of carboxylic acid groups (broad SMARTS) is 1. The number of nitrogens with zero attached hydrogens (tertiary/aromatic N) is 3. The smallest absolute Gasteiger partial charge is 0.339 e. The van der Waals surface area contributed by atoms with E-state index in [1.54, 1.807) is 4.68 Å². The Labute approximate surface area is 195 Å². The summed E-state index contributed by atoms with van der Waals surface area (Å²) in [5.74, 6) is -2.52. The average Bonchev–Trinajstić information content (AvgIpc) is 3.11. The molecule has 1 atom stereocenters.